The Morgan fingerprint density at radius 1 is 1.53 bits per heavy atom. The topological polar surface area (TPSA) is 38.8 Å². The minimum Gasteiger partial charge on any atom is -0.465 e. The number of hydrogen-bond acceptors (Lipinski definition) is 4. The van der Waals surface area contributed by atoms with Crippen molar-refractivity contribution in [2.75, 3.05) is 32.9 Å². The lowest BCUT2D eigenvalue weighted by Crippen LogP contribution is -2.56. The van der Waals surface area contributed by atoms with Gasteiger partial charge in [-0.25, -0.2) is 0 Å². The first-order valence-corrected chi connectivity index (χ1v) is 5.61. The standard InChI is InChI=1S/C11H21NO3/c1-4-11(3)9-14-7-6-12(11)8-10(13)15-5-2/h4-9H2,1-3H3/t11-/m1/s1. The molecule has 0 aromatic carbocycles. The SMILES string of the molecule is CCOC(=O)CN1CCOC[C@@]1(C)CC. The van der Waals surface area contributed by atoms with Gasteiger partial charge in [-0.15, -0.1) is 0 Å². The molecule has 88 valence electrons. The van der Waals surface area contributed by atoms with Gasteiger partial charge in [0, 0.05) is 12.1 Å². The highest BCUT2D eigenvalue weighted by molar-refractivity contribution is 5.71. The van der Waals surface area contributed by atoms with Crippen molar-refractivity contribution >= 4 is 5.97 Å². The van der Waals surface area contributed by atoms with Crippen molar-refractivity contribution in [2.24, 2.45) is 0 Å². The average molecular weight is 215 g/mol. The second kappa shape index (κ2) is 5.47. The van der Waals surface area contributed by atoms with Crippen molar-refractivity contribution in [1.29, 1.82) is 0 Å². The Kier molecular flexibility index (Phi) is 4.54. The van der Waals surface area contributed by atoms with Crippen LogP contribution < -0.4 is 0 Å². The quantitative estimate of drug-likeness (QED) is 0.657. The lowest BCUT2D eigenvalue weighted by molar-refractivity contribution is -0.149. The van der Waals surface area contributed by atoms with Gasteiger partial charge in [0.15, 0.2) is 0 Å². The van der Waals surface area contributed by atoms with E-state index in [-0.39, 0.29) is 11.5 Å². The number of esters is 1. The monoisotopic (exact) mass is 215 g/mol. The molecule has 0 amide bonds. The third-order valence-electron chi connectivity index (χ3n) is 3.07. The molecule has 0 saturated carbocycles. The van der Waals surface area contributed by atoms with E-state index >= 15 is 0 Å². The smallest absolute Gasteiger partial charge is 0.320 e. The molecule has 4 nitrogen and oxygen atoms in total. The first kappa shape index (κ1) is 12.5. The summed E-state index contributed by atoms with van der Waals surface area (Å²) in [5.41, 5.74) is -0.0228. The molecule has 1 aliphatic rings. The Labute approximate surface area is 91.5 Å². The predicted octanol–water partition coefficient (Wildman–Crippen LogP) is 1.05. The minimum atomic E-state index is -0.140. The molecule has 15 heavy (non-hydrogen) atoms. The Hall–Kier alpha value is -0.610. The van der Waals surface area contributed by atoms with E-state index in [4.69, 9.17) is 9.47 Å². The average Bonchev–Trinajstić information content (AvgIpc) is 2.22. The van der Waals surface area contributed by atoms with Gasteiger partial charge in [0.05, 0.1) is 26.4 Å². The molecule has 1 saturated heterocycles. The van der Waals surface area contributed by atoms with Gasteiger partial charge in [0.25, 0.3) is 0 Å². The van der Waals surface area contributed by atoms with Gasteiger partial charge in [-0.3, -0.25) is 9.69 Å². The molecule has 1 fully saturated rings. The van der Waals surface area contributed by atoms with Crippen LogP contribution in [0.25, 0.3) is 0 Å². The second-order valence-corrected chi connectivity index (χ2v) is 4.13. The third-order valence-corrected chi connectivity index (χ3v) is 3.07. The van der Waals surface area contributed by atoms with Crippen LogP contribution in [0.2, 0.25) is 0 Å². The molecule has 1 heterocycles. The lowest BCUT2D eigenvalue weighted by atomic mass is 9.96. The fourth-order valence-electron chi connectivity index (χ4n) is 1.79. The van der Waals surface area contributed by atoms with Crippen LogP contribution in [-0.4, -0.2) is 49.3 Å². The number of ether oxygens (including phenoxy) is 2. The van der Waals surface area contributed by atoms with E-state index in [0.717, 1.165) is 13.0 Å². The highest BCUT2D eigenvalue weighted by Gasteiger charge is 2.34. The largest absolute Gasteiger partial charge is 0.465 e. The van der Waals surface area contributed by atoms with Crippen LogP contribution in [0, 0.1) is 0 Å². The Balaban J connectivity index is 2.53. The van der Waals surface area contributed by atoms with Crippen molar-refractivity contribution in [1.82, 2.24) is 4.90 Å². The summed E-state index contributed by atoms with van der Waals surface area (Å²) in [5.74, 6) is -0.140. The summed E-state index contributed by atoms with van der Waals surface area (Å²) in [7, 11) is 0. The van der Waals surface area contributed by atoms with Crippen LogP contribution in [0.3, 0.4) is 0 Å². The van der Waals surface area contributed by atoms with Crippen molar-refractivity contribution in [3.05, 3.63) is 0 Å². The van der Waals surface area contributed by atoms with E-state index in [1.807, 2.05) is 6.92 Å². The van der Waals surface area contributed by atoms with Gasteiger partial charge in [0.1, 0.15) is 0 Å². The van der Waals surface area contributed by atoms with Crippen LogP contribution in [0.15, 0.2) is 0 Å². The van der Waals surface area contributed by atoms with Gasteiger partial charge < -0.3 is 9.47 Å². The number of carbonyl (C=O) groups is 1. The Morgan fingerprint density at radius 2 is 2.27 bits per heavy atom. The molecule has 1 rings (SSSR count). The zero-order valence-corrected chi connectivity index (χ0v) is 9.91. The molecule has 0 aromatic rings. The van der Waals surface area contributed by atoms with Crippen molar-refractivity contribution < 1.29 is 14.3 Å². The molecule has 0 radical (unpaired) electrons. The molecule has 0 aliphatic carbocycles. The maximum Gasteiger partial charge on any atom is 0.320 e. The minimum absolute atomic E-state index is 0.0228. The van der Waals surface area contributed by atoms with Crippen LogP contribution in [-0.2, 0) is 14.3 Å². The van der Waals surface area contributed by atoms with Crippen LogP contribution in [0.5, 0.6) is 0 Å². The Morgan fingerprint density at radius 3 is 2.87 bits per heavy atom. The molecule has 0 spiro atoms. The zero-order chi connectivity index (χ0) is 11.3. The first-order chi connectivity index (χ1) is 7.12. The highest BCUT2D eigenvalue weighted by Crippen LogP contribution is 2.22. The van der Waals surface area contributed by atoms with Crippen LogP contribution in [0.1, 0.15) is 27.2 Å². The van der Waals surface area contributed by atoms with E-state index in [1.165, 1.54) is 0 Å². The van der Waals surface area contributed by atoms with Gasteiger partial charge in [-0.1, -0.05) is 6.92 Å². The first-order valence-electron chi connectivity index (χ1n) is 5.61. The zero-order valence-electron chi connectivity index (χ0n) is 9.91. The molecular formula is C11H21NO3. The lowest BCUT2D eigenvalue weighted by Gasteiger charge is -2.43. The van der Waals surface area contributed by atoms with E-state index in [2.05, 4.69) is 18.7 Å². The van der Waals surface area contributed by atoms with Crippen molar-refractivity contribution in [3.63, 3.8) is 0 Å². The molecule has 1 atom stereocenters. The maximum atomic E-state index is 11.4. The molecule has 0 bridgehead atoms. The number of nitrogens with zero attached hydrogens (tertiary/aromatic N) is 1. The van der Waals surface area contributed by atoms with Crippen molar-refractivity contribution in [2.45, 2.75) is 32.7 Å². The fourth-order valence-corrected chi connectivity index (χ4v) is 1.79. The number of rotatable bonds is 4. The molecule has 0 unspecified atom stereocenters. The number of carbonyl (C=O) groups excluding carboxylic acids is 1. The third kappa shape index (κ3) is 3.18. The van der Waals surface area contributed by atoms with Crippen molar-refractivity contribution in [3.8, 4) is 0 Å². The maximum absolute atomic E-state index is 11.4. The van der Waals surface area contributed by atoms with Crippen LogP contribution >= 0.6 is 0 Å². The summed E-state index contributed by atoms with van der Waals surface area (Å²) in [6, 6.07) is 0. The van der Waals surface area contributed by atoms with Gasteiger partial charge >= 0.3 is 5.97 Å². The van der Waals surface area contributed by atoms with E-state index in [9.17, 15) is 4.79 Å². The van der Waals surface area contributed by atoms with E-state index < -0.39 is 0 Å². The highest BCUT2D eigenvalue weighted by atomic mass is 16.5. The summed E-state index contributed by atoms with van der Waals surface area (Å²) < 4.78 is 10.4. The van der Waals surface area contributed by atoms with Gasteiger partial charge in [0.2, 0.25) is 0 Å². The Bertz CT molecular complexity index is 220. The van der Waals surface area contributed by atoms with Crippen LogP contribution in [0.4, 0.5) is 0 Å². The molecule has 0 N–H and O–H groups in total. The molecule has 1 aliphatic heterocycles. The number of hydrogen-bond donors (Lipinski definition) is 0. The molecular weight excluding hydrogens is 194 g/mol. The summed E-state index contributed by atoms with van der Waals surface area (Å²) in [6.45, 7) is 9.11. The molecule has 0 aromatic heterocycles. The van der Waals surface area contributed by atoms with Gasteiger partial charge in [-0.05, 0) is 20.3 Å². The number of morpholine rings is 1. The second-order valence-electron chi connectivity index (χ2n) is 4.13. The summed E-state index contributed by atoms with van der Waals surface area (Å²) in [5, 5.41) is 0. The normalized spacial score (nSPS) is 27.7. The predicted molar refractivity (Wildman–Crippen MR) is 57.7 cm³/mol. The van der Waals surface area contributed by atoms with E-state index in [0.29, 0.717) is 26.4 Å². The molecule has 4 heteroatoms. The fraction of sp³-hybridized carbons (Fsp3) is 0.909. The van der Waals surface area contributed by atoms with Gasteiger partial charge in [-0.2, -0.15) is 0 Å². The van der Waals surface area contributed by atoms with E-state index in [1.54, 1.807) is 0 Å². The summed E-state index contributed by atoms with van der Waals surface area (Å²) >= 11 is 0. The summed E-state index contributed by atoms with van der Waals surface area (Å²) in [6.07, 6.45) is 0.979. The summed E-state index contributed by atoms with van der Waals surface area (Å²) in [4.78, 5) is 13.6.